The van der Waals surface area contributed by atoms with Crippen LogP contribution >= 0.6 is 11.6 Å². The molecule has 20 heavy (non-hydrogen) atoms. The van der Waals surface area contributed by atoms with Gasteiger partial charge in [-0.05, 0) is 18.2 Å². The normalized spacial score (nSPS) is 10.3. The number of carboxylic acids is 1. The van der Waals surface area contributed by atoms with Crippen LogP contribution in [0.3, 0.4) is 0 Å². The lowest BCUT2D eigenvalue weighted by molar-refractivity contribution is 0.0691. The number of aromatic nitrogens is 1. The molecule has 7 heteroatoms. The Morgan fingerprint density at radius 2 is 2.20 bits per heavy atom. The van der Waals surface area contributed by atoms with E-state index in [9.17, 15) is 9.18 Å². The summed E-state index contributed by atoms with van der Waals surface area (Å²) in [5, 5.41) is 9.20. The summed E-state index contributed by atoms with van der Waals surface area (Å²) in [6.45, 7) is 0. The zero-order chi connectivity index (χ0) is 14.9. The Labute approximate surface area is 118 Å². The monoisotopic (exact) mass is 296 g/mol. The molecule has 1 aromatic heterocycles. The van der Waals surface area contributed by atoms with Crippen molar-refractivity contribution in [1.82, 2.24) is 4.98 Å². The van der Waals surface area contributed by atoms with Gasteiger partial charge in [-0.1, -0.05) is 11.6 Å². The Kier molecular flexibility index (Phi) is 3.76. The number of ether oxygens (including phenoxy) is 1. The number of nitrogens with zero attached hydrogens (tertiary/aromatic N) is 1. The molecule has 1 aromatic carbocycles. The van der Waals surface area contributed by atoms with Crippen LogP contribution in [0.2, 0.25) is 5.02 Å². The fourth-order valence-corrected chi connectivity index (χ4v) is 2.03. The number of nitrogens with two attached hydrogens (primary N) is 1. The third-order valence-corrected chi connectivity index (χ3v) is 2.99. The highest BCUT2D eigenvalue weighted by molar-refractivity contribution is 6.32. The number of halogens is 2. The van der Waals surface area contributed by atoms with Gasteiger partial charge in [-0.25, -0.2) is 14.2 Å². The van der Waals surface area contributed by atoms with E-state index < -0.39 is 11.8 Å². The molecule has 0 saturated carbocycles. The first kappa shape index (κ1) is 14.1. The molecule has 0 aliphatic heterocycles. The van der Waals surface area contributed by atoms with Crippen LogP contribution in [-0.4, -0.2) is 23.2 Å². The number of carboxylic acid groups (broad SMARTS) is 1. The summed E-state index contributed by atoms with van der Waals surface area (Å²) in [5.74, 6) is -1.80. The van der Waals surface area contributed by atoms with Crippen molar-refractivity contribution in [3.63, 3.8) is 0 Å². The fraction of sp³-hybridized carbons (Fsp3) is 0.0769. The number of hydrogen-bond donors (Lipinski definition) is 2. The highest BCUT2D eigenvalue weighted by Crippen LogP contribution is 2.36. The topological polar surface area (TPSA) is 85.4 Å². The van der Waals surface area contributed by atoms with Crippen LogP contribution in [0.25, 0.3) is 11.1 Å². The van der Waals surface area contributed by atoms with E-state index in [1.54, 1.807) is 0 Å². The van der Waals surface area contributed by atoms with Gasteiger partial charge in [-0.15, -0.1) is 0 Å². The molecule has 0 saturated heterocycles. The van der Waals surface area contributed by atoms with Crippen molar-refractivity contribution in [2.24, 2.45) is 0 Å². The SMILES string of the molecule is COc1cc(-c2c(N)ccnc2C(=O)O)c(F)cc1Cl. The summed E-state index contributed by atoms with van der Waals surface area (Å²) in [7, 11) is 1.37. The second kappa shape index (κ2) is 5.34. The number of methoxy groups -OCH3 is 1. The van der Waals surface area contributed by atoms with Gasteiger partial charge in [0.15, 0.2) is 5.69 Å². The van der Waals surface area contributed by atoms with Crippen LogP contribution in [0.5, 0.6) is 5.75 Å². The molecule has 0 aliphatic carbocycles. The largest absolute Gasteiger partial charge is 0.495 e. The Balaban J connectivity index is 2.78. The van der Waals surface area contributed by atoms with Crippen LogP contribution in [0.4, 0.5) is 10.1 Å². The highest BCUT2D eigenvalue weighted by atomic mass is 35.5. The van der Waals surface area contributed by atoms with E-state index in [1.807, 2.05) is 0 Å². The summed E-state index contributed by atoms with van der Waals surface area (Å²) < 4.78 is 19.1. The first-order valence-corrected chi connectivity index (χ1v) is 5.84. The van der Waals surface area contributed by atoms with E-state index in [2.05, 4.69) is 4.98 Å². The van der Waals surface area contributed by atoms with Gasteiger partial charge in [0, 0.05) is 23.0 Å². The minimum atomic E-state index is -1.30. The molecule has 1 heterocycles. The molecule has 2 aromatic rings. The van der Waals surface area contributed by atoms with Gasteiger partial charge in [0.05, 0.1) is 12.1 Å². The van der Waals surface area contributed by atoms with Gasteiger partial charge >= 0.3 is 5.97 Å². The van der Waals surface area contributed by atoms with Gasteiger partial charge < -0.3 is 15.6 Å². The molecule has 0 aliphatic rings. The minimum Gasteiger partial charge on any atom is -0.495 e. The summed E-state index contributed by atoms with van der Waals surface area (Å²) in [6, 6.07) is 3.72. The van der Waals surface area contributed by atoms with Crippen molar-refractivity contribution in [3.8, 4) is 16.9 Å². The maximum absolute atomic E-state index is 14.1. The number of aromatic carboxylic acids is 1. The van der Waals surface area contributed by atoms with E-state index >= 15 is 0 Å². The second-order valence-electron chi connectivity index (χ2n) is 3.90. The molecular formula is C13H10ClFN2O3. The third kappa shape index (κ3) is 2.37. The molecule has 0 atom stereocenters. The third-order valence-electron chi connectivity index (χ3n) is 2.70. The van der Waals surface area contributed by atoms with Crippen molar-refractivity contribution in [3.05, 3.63) is 40.9 Å². The number of pyridine rings is 1. The second-order valence-corrected chi connectivity index (χ2v) is 4.30. The fourth-order valence-electron chi connectivity index (χ4n) is 1.80. The average molecular weight is 297 g/mol. The molecule has 2 rings (SSSR count). The van der Waals surface area contributed by atoms with Crippen molar-refractivity contribution < 1.29 is 19.0 Å². The van der Waals surface area contributed by atoms with E-state index in [0.717, 1.165) is 6.07 Å². The van der Waals surface area contributed by atoms with Crippen LogP contribution in [0.15, 0.2) is 24.4 Å². The molecule has 0 fully saturated rings. The predicted molar refractivity (Wildman–Crippen MR) is 72.6 cm³/mol. The van der Waals surface area contributed by atoms with Crippen molar-refractivity contribution in [2.45, 2.75) is 0 Å². The molecule has 104 valence electrons. The lowest BCUT2D eigenvalue weighted by Gasteiger charge is -2.12. The number of nitrogen functional groups attached to an aromatic ring is 1. The zero-order valence-corrected chi connectivity index (χ0v) is 11.1. The summed E-state index contributed by atoms with van der Waals surface area (Å²) in [4.78, 5) is 14.9. The summed E-state index contributed by atoms with van der Waals surface area (Å²) >= 11 is 5.80. The lowest BCUT2D eigenvalue weighted by atomic mass is 10.0. The van der Waals surface area contributed by atoms with Gasteiger partial charge in [-0.2, -0.15) is 0 Å². The molecule has 0 radical (unpaired) electrons. The summed E-state index contributed by atoms with van der Waals surface area (Å²) in [5.41, 5.74) is 5.46. The summed E-state index contributed by atoms with van der Waals surface area (Å²) in [6.07, 6.45) is 1.24. The van der Waals surface area contributed by atoms with Gasteiger partial charge in [-0.3, -0.25) is 0 Å². The Hall–Kier alpha value is -2.34. The van der Waals surface area contributed by atoms with Crippen LogP contribution in [-0.2, 0) is 0 Å². The maximum Gasteiger partial charge on any atom is 0.355 e. The first-order valence-electron chi connectivity index (χ1n) is 5.47. The van der Waals surface area contributed by atoms with E-state index in [1.165, 1.54) is 25.4 Å². The lowest BCUT2D eigenvalue weighted by Crippen LogP contribution is -2.06. The first-order chi connectivity index (χ1) is 9.45. The molecular weight excluding hydrogens is 287 g/mol. The van der Waals surface area contributed by atoms with Gasteiger partial charge in [0.25, 0.3) is 0 Å². The molecule has 5 nitrogen and oxygen atoms in total. The molecule has 0 spiro atoms. The smallest absolute Gasteiger partial charge is 0.355 e. The van der Waals surface area contributed by atoms with Crippen molar-refractivity contribution >= 4 is 23.3 Å². The maximum atomic E-state index is 14.1. The number of carbonyl (C=O) groups is 1. The van der Waals surface area contributed by atoms with Gasteiger partial charge in [0.2, 0.25) is 0 Å². The quantitative estimate of drug-likeness (QED) is 0.909. The number of rotatable bonds is 3. The number of anilines is 1. The Morgan fingerprint density at radius 3 is 2.80 bits per heavy atom. The highest BCUT2D eigenvalue weighted by Gasteiger charge is 2.20. The predicted octanol–water partition coefficient (Wildman–Crippen LogP) is 2.83. The molecule has 0 unspecified atom stereocenters. The van der Waals surface area contributed by atoms with E-state index in [0.29, 0.717) is 0 Å². The number of benzene rings is 1. The van der Waals surface area contributed by atoms with E-state index in [4.69, 9.17) is 27.2 Å². The average Bonchev–Trinajstić information content (AvgIpc) is 2.39. The Morgan fingerprint density at radius 1 is 1.50 bits per heavy atom. The van der Waals surface area contributed by atoms with Crippen LogP contribution in [0.1, 0.15) is 10.5 Å². The standard InChI is InChI=1S/C13H10ClFN2O3/c1-20-10-4-6(8(15)5-7(10)14)11-9(16)2-3-17-12(11)13(18)19/h2-5H,1H3,(H2,16,17)(H,18,19). The van der Waals surface area contributed by atoms with Crippen molar-refractivity contribution in [1.29, 1.82) is 0 Å². The van der Waals surface area contributed by atoms with Gasteiger partial charge in [0.1, 0.15) is 11.6 Å². The van der Waals surface area contributed by atoms with E-state index in [-0.39, 0.29) is 33.3 Å². The minimum absolute atomic E-state index is 0.00698. The van der Waals surface area contributed by atoms with Crippen molar-refractivity contribution in [2.75, 3.05) is 12.8 Å². The molecule has 3 N–H and O–H groups in total. The zero-order valence-electron chi connectivity index (χ0n) is 10.4. The molecule has 0 bridgehead atoms. The number of hydrogen-bond acceptors (Lipinski definition) is 4. The van der Waals surface area contributed by atoms with Crippen LogP contribution < -0.4 is 10.5 Å². The Bertz CT molecular complexity index is 692. The van der Waals surface area contributed by atoms with Crippen LogP contribution in [0, 0.1) is 5.82 Å². The molecule has 0 amide bonds.